The van der Waals surface area contributed by atoms with Crippen molar-refractivity contribution in [1.82, 2.24) is 0 Å². The van der Waals surface area contributed by atoms with E-state index in [1.54, 1.807) is 0 Å². The Bertz CT molecular complexity index is 330. The van der Waals surface area contributed by atoms with Gasteiger partial charge in [0.25, 0.3) is 7.63 Å². The van der Waals surface area contributed by atoms with Crippen LogP contribution in [0, 0.1) is 0 Å². The number of hydrogen-bond donors (Lipinski definition) is 0. The molecular weight excluding hydrogens is 260 g/mol. The SMILES string of the molecule is CC(C)[Si](Cl)(OCCCc1ccccc1)C(C)C. The molecule has 0 heterocycles. The summed E-state index contributed by atoms with van der Waals surface area (Å²) < 4.78 is 6.08. The van der Waals surface area contributed by atoms with Gasteiger partial charge in [-0.1, -0.05) is 58.0 Å². The van der Waals surface area contributed by atoms with Crippen molar-refractivity contribution in [3.05, 3.63) is 35.9 Å². The summed E-state index contributed by atoms with van der Waals surface area (Å²) in [6.45, 7) is 9.49. The Morgan fingerprint density at radius 1 is 1.06 bits per heavy atom. The molecule has 1 rings (SSSR count). The first-order valence-corrected chi connectivity index (χ1v) is 9.91. The second kappa shape index (κ2) is 7.32. The molecule has 0 unspecified atom stereocenters. The molecule has 18 heavy (non-hydrogen) atoms. The Morgan fingerprint density at radius 2 is 1.61 bits per heavy atom. The van der Waals surface area contributed by atoms with Gasteiger partial charge in [0.05, 0.1) is 0 Å². The van der Waals surface area contributed by atoms with Gasteiger partial charge in [-0.15, -0.1) is 11.1 Å². The molecule has 1 aromatic carbocycles. The van der Waals surface area contributed by atoms with Crippen LogP contribution in [0.25, 0.3) is 0 Å². The Morgan fingerprint density at radius 3 is 2.11 bits per heavy atom. The van der Waals surface area contributed by atoms with Gasteiger partial charge < -0.3 is 4.43 Å². The number of benzene rings is 1. The van der Waals surface area contributed by atoms with Gasteiger partial charge in [-0.25, -0.2) is 0 Å². The Labute approximate surface area is 117 Å². The topological polar surface area (TPSA) is 9.23 Å². The average Bonchev–Trinajstić information content (AvgIpc) is 2.35. The molecule has 102 valence electrons. The highest BCUT2D eigenvalue weighted by molar-refractivity contribution is 7.18. The summed E-state index contributed by atoms with van der Waals surface area (Å²) in [5, 5.41) is 0. The van der Waals surface area contributed by atoms with Crippen LogP contribution in [0.15, 0.2) is 30.3 Å². The summed E-state index contributed by atoms with van der Waals surface area (Å²) in [6, 6.07) is 10.5. The zero-order chi connectivity index (χ0) is 13.6. The van der Waals surface area contributed by atoms with Gasteiger partial charge in [-0.3, -0.25) is 0 Å². The fourth-order valence-electron chi connectivity index (χ4n) is 2.15. The van der Waals surface area contributed by atoms with Gasteiger partial charge in [0.1, 0.15) is 0 Å². The lowest BCUT2D eigenvalue weighted by molar-refractivity contribution is 0.294. The second-order valence-corrected chi connectivity index (χ2v) is 11.2. The van der Waals surface area contributed by atoms with Gasteiger partial charge >= 0.3 is 0 Å². The lowest BCUT2D eigenvalue weighted by Crippen LogP contribution is -2.39. The molecule has 1 nitrogen and oxygen atoms in total. The van der Waals surface area contributed by atoms with Gasteiger partial charge in [-0.2, -0.15) is 0 Å². The lowest BCUT2D eigenvalue weighted by atomic mass is 10.1. The summed E-state index contributed by atoms with van der Waals surface area (Å²) in [5.41, 5.74) is 2.28. The van der Waals surface area contributed by atoms with Crippen LogP contribution in [0.5, 0.6) is 0 Å². The van der Waals surface area contributed by atoms with Gasteiger partial charge in [-0.05, 0) is 29.5 Å². The number of aryl methyl sites for hydroxylation is 1. The van der Waals surface area contributed by atoms with Crippen molar-refractivity contribution >= 4 is 18.7 Å². The molecule has 0 spiro atoms. The molecule has 0 saturated carbocycles. The van der Waals surface area contributed by atoms with E-state index in [1.807, 2.05) is 6.07 Å². The molecule has 0 aliphatic carbocycles. The van der Waals surface area contributed by atoms with Crippen LogP contribution in [0.1, 0.15) is 39.7 Å². The van der Waals surface area contributed by atoms with Crippen LogP contribution in [-0.2, 0) is 10.8 Å². The smallest absolute Gasteiger partial charge is 0.295 e. The fourth-order valence-corrected chi connectivity index (χ4v) is 4.84. The highest BCUT2D eigenvalue weighted by Gasteiger charge is 2.40. The van der Waals surface area contributed by atoms with Crippen molar-refractivity contribution in [1.29, 1.82) is 0 Å². The van der Waals surface area contributed by atoms with Crippen LogP contribution >= 0.6 is 11.1 Å². The molecule has 0 atom stereocenters. The summed E-state index contributed by atoms with van der Waals surface area (Å²) in [7, 11) is -2.07. The molecule has 0 aromatic heterocycles. The van der Waals surface area contributed by atoms with Crippen LogP contribution in [0.3, 0.4) is 0 Å². The summed E-state index contributed by atoms with van der Waals surface area (Å²) in [6.07, 6.45) is 2.11. The second-order valence-electron chi connectivity index (χ2n) is 5.44. The summed E-state index contributed by atoms with van der Waals surface area (Å²) >= 11 is 6.71. The predicted octanol–water partition coefficient (Wildman–Crippen LogP) is 5.14. The van der Waals surface area contributed by atoms with Crippen LogP contribution in [0.4, 0.5) is 0 Å². The maximum absolute atomic E-state index is 6.71. The third kappa shape index (κ3) is 4.41. The molecule has 0 aliphatic rings. The van der Waals surface area contributed by atoms with E-state index >= 15 is 0 Å². The molecule has 3 heteroatoms. The van der Waals surface area contributed by atoms with Crippen LogP contribution in [-0.4, -0.2) is 14.2 Å². The third-order valence-corrected chi connectivity index (χ3v) is 10.1. The first-order chi connectivity index (χ1) is 8.47. The summed E-state index contributed by atoms with van der Waals surface area (Å²) in [5.74, 6) is 0. The summed E-state index contributed by atoms with van der Waals surface area (Å²) in [4.78, 5) is 0. The van der Waals surface area contributed by atoms with Crippen molar-refractivity contribution in [2.24, 2.45) is 0 Å². The predicted molar refractivity (Wildman–Crippen MR) is 82.5 cm³/mol. The molecule has 0 fully saturated rings. The van der Waals surface area contributed by atoms with E-state index in [-0.39, 0.29) is 0 Å². The number of hydrogen-bond acceptors (Lipinski definition) is 1. The van der Waals surface area contributed by atoms with E-state index < -0.39 is 7.63 Å². The van der Waals surface area contributed by atoms with Gasteiger partial charge in [0.2, 0.25) is 0 Å². The van der Waals surface area contributed by atoms with E-state index in [2.05, 4.69) is 52.0 Å². The minimum Gasteiger partial charge on any atom is -0.403 e. The van der Waals surface area contributed by atoms with E-state index in [9.17, 15) is 0 Å². The third-order valence-electron chi connectivity index (χ3n) is 3.35. The molecule has 0 radical (unpaired) electrons. The Kier molecular flexibility index (Phi) is 6.40. The lowest BCUT2D eigenvalue weighted by Gasteiger charge is -2.32. The maximum atomic E-state index is 6.71. The van der Waals surface area contributed by atoms with Gasteiger partial charge in [0.15, 0.2) is 0 Å². The highest BCUT2D eigenvalue weighted by atomic mass is 35.6. The molecule has 0 aliphatic heterocycles. The van der Waals surface area contributed by atoms with Crippen LogP contribution in [0.2, 0.25) is 11.1 Å². The highest BCUT2D eigenvalue weighted by Crippen LogP contribution is 2.36. The van der Waals surface area contributed by atoms with Crippen molar-refractivity contribution in [2.45, 2.75) is 51.6 Å². The van der Waals surface area contributed by atoms with E-state index in [0.29, 0.717) is 11.1 Å². The van der Waals surface area contributed by atoms with E-state index in [4.69, 9.17) is 15.5 Å². The monoisotopic (exact) mass is 284 g/mol. The largest absolute Gasteiger partial charge is 0.403 e. The maximum Gasteiger partial charge on any atom is 0.295 e. The zero-order valence-electron chi connectivity index (χ0n) is 11.9. The van der Waals surface area contributed by atoms with Crippen LogP contribution < -0.4 is 0 Å². The molecule has 0 amide bonds. The first-order valence-electron chi connectivity index (χ1n) is 6.83. The van der Waals surface area contributed by atoms with Crippen molar-refractivity contribution in [3.63, 3.8) is 0 Å². The molecular formula is C15H25ClOSi. The number of halogens is 1. The molecule has 1 aromatic rings. The minimum atomic E-state index is -2.07. The quantitative estimate of drug-likeness (QED) is 0.383. The van der Waals surface area contributed by atoms with Crippen molar-refractivity contribution < 1.29 is 4.43 Å². The average molecular weight is 285 g/mol. The Hall–Kier alpha value is -0.313. The molecule has 0 N–H and O–H groups in total. The minimum absolute atomic E-state index is 0.455. The normalized spacial score (nSPS) is 12.4. The van der Waals surface area contributed by atoms with Gasteiger partial charge in [0, 0.05) is 6.61 Å². The Balaban J connectivity index is 2.36. The zero-order valence-corrected chi connectivity index (χ0v) is 13.7. The van der Waals surface area contributed by atoms with E-state index in [1.165, 1.54) is 5.56 Å². The van der Waals surface area contributed by atoms with E-state index in [0.717, 1.165) is 19.4 Å². The standard InChI is InChI=1S/C15H25ClOSi/c1-13(2)18(16,14(3)4)17-12-8-11-15-9-6-5-7-10-15/h5-7,9-10,13-14H,8,11-12H2,1-4H3. The molecule has 0 bridgehead atoms. The fraction of sp³-hybridized carbons (Fsp3) is 0.600. The first kappa shape index (κ1) is 15.7. The number of rotatable bonds is 7. The van der Waals surface area contributed by atoms with Crippen molar-refractivity contribution in [2.75, 3.05) is 6.61 Å². The van der Waals surface area contributed by atoms with Crippen molar-refractivity contribution in [3.8, 4) is 0 Å². The molecule has 0 saturated heterocycles.